The van der Waals surface area contributed by atoms with Crippen LogP contribution in [0, 0.1) is 0 Å². The molecule has 0 saturated carbocycles. The summed E-state index contributed by atoms with van der Waals surface area (Å²) in [6, 6.07) is 19.6. The van der Waals surface area contributed by atoms with E-state index >= 15 is 0 Å². The van der Waals surface area contributed by atoms with Crippen LogP contribution in [-0.4, -0.2) is 49.4 Å². The Bertz CT molecular complexity index is 785. The first-order chi connectivity index (χ1) is 14.1. The van der Waals surface area contributed by atoms with Gasteiger partial charge in [-0.3, -0.25) is 9.59 Å². The minimum absolute atomic E-state index is 0. The molecule has 1 unspecified atom stereocenters. The quantitative estimate of drug-likeness (QED) is 0.585. The second kappa shape index (κ2) is 13.9. The minimum atomic E-state index is -0.307. The average Bonchev–Trinajstić information content (AvgIpc) is 2.78. The molecule has 1 saturated heterocycles. The van der Waals surface area contributed by atoms with Gasteiger partial charge in [-0.05, 0) is 24.1 Å². The molecule has 1 aliphatic rings. The number of carbonyl (C=O) groups excluding carboxylic acids is 2. The predicted octanol–water partition coefficient (Wildman–Crippen LogP) is 3.17. The van der Waals surface area contributed by atoms with Gasteiger partial charge in [0.25, 0.3) is 0 Å². The molecule has 170 valence electrons. The lowest BCUT2D eigenvalue weighted by Gasteiger charge is -2.36. The second-order valence-corrected chi connectivity index (χ2v) is 7.38. The Morgan fingerprint density at radius 1 is 0.903 bits per heavy atom. The molecule has 0 bridgehead atoms. The normalized spacial score (nSPS) is 14.1. The zero-order valence-corrected chi connectivity index (χ0v) is 19.2. The molecule has 1 heterocycles. The highest BCUT2D eigenvalue weighted by atomic mass is 35.5. The largest absolute Gasteiger partial charge is 0.368 e. The smallest absolute Gasteiger partial charge is 0.222 e. The van der Waals surface area contributed by atoms with Gasteiger partial charge in [-0.2, -0.15) is 0 Å². The molecule has 0 radical (unpaired) electrons. The van der Waals surface area contributed by atoms with Crippen molar-refractivity contribution in [3.8, 4) is 0 Å². The number of rotatable bonds is 8. The Morgan fingerprint density at radius 2 is 1.48 bits per heavy atom. The molecule has 3 N–H and O–H groups in total. The zero-order valence-electron chi connectivity index (χ0n) is 17.6. The van der Waals surface area contributed by atoms with Crippen LogP contribution in [0.3, 0.4) is 0 Å². The van der Waals surface area contributed by atoms with Crippen LogP contribution in [0.5, 0.6) is 0 Å². The molecule has 2 aromatic rings. The maximum atomic E-state index is 12.4. The van der Waals surface area contributed by atoms with E-state index in [0.29, 0.717) is 19.4 Å². The molecular weight excluding hydrogens is 435 g/mol. The fourth-order valence-corrected chi connectivity index (χ4v) is 3.57. The van der Waals surface area contributed by atoms with Crippen LogP contribution in [0.25, 0.3) is 0 Å². The molecule has 0 aliphatic carbocycles. The Morgan fingerprint density at radius 3 is 2.10 bits per heavy atom. The highest BCUT2D eigenvalue weighted by Crippen LogP contribution is 2.16. The van der Waals surface area contributed by atoms with Crippen LogP contribution < -0.4 is 16.0 Å². The van der Waals surface area contributed by atoms with Crippen LogP contribution in [0.15, 0.2) is 60.7 Å². The van der Waals surface area contributed by atoms with E-state index in [2.05, 4.69) is 22.3 Å². The van der Waals surface area contributed by atoms with Crippen molar-refractivity contribution in [1.29, 1.82) is 0 Å². The highest BCUT2D eigenvalue weighted by molar-refractivity contribution is 5.85. The van der Waals surface area contributed by atoms with Gasteiger partial charge in [0.15, 0.2) is 0 Å². The molecule has 0 spiro atoms. The third-order valence-electron chi connectivity index (χ3n) is 5.28. The zero-order chi connectivity index (χ0) is 20.5. The summed E-state index contributed by atoms with van der Waals surface area (Å²) >= 11 is 0. The molecule has 1 fully saturated rings. The number of halogens is 2. The van der Waals surface area contributed by atoms with E-state index in [9.17, 15) is 9.59 Å². The van der Waals surface area contributed by atoms with E-state index < -0.39 is 0 Å². The van der Waals surface area contributed by atoms with Gasteiger partial charge in [0.2, 0.25) is 11.8 Å². The summed E-state index contributed by atoms with van der Waals surface area (Å²) in [6.45, 7) is 3.68. The Kier molecular flexibility index (Phi) is 12.0. The lowest BCUT2D eigenvalue weighted by molar-refractivity contribution is -0.131. The average molecular weight is 467 g/mol. The molecule has 1 aliphatic heterocycles. The number of amides is 2. The van der Waals surface area contributed by atoms with Crippen LogP contribution in [0.2, 0.25) is 0 Å². The van der Waals surface area contributed by atoms with Gasteiger partial charge in [0.1, 0.15) is 0 Å². The maximum absolute atomic E-state index is 12.4. The number of nitrogens with one attached hydrogen (secondary N) is 1. The predicted molar refractivity (Wildman–Crippen MR) is 130 cm³/mol. The third kappa shape index (κ3) is 8.40. The van der Waals surface area contributed by atoms with Crippen molar-refractivity contribution in [2.24, 2.45) is 5.73 Å². The van der Waals surface area contributed by atoms with Crippen molar-refractivity contribution < 1.29 is 9.59 Å². The second-order valence-electron chi connectivity index (χ2n) is 7.38. The number of nitrogens with two attached hydrogens (primary N) is 1. The lowest BCUT2D eigenvalue weighted by atomic mass is 10.0. The molecule has 8 heteroatoms. The number of piperazine rings is 1. The summed E-state index contributed by atoms with van der Waals surface area (Å²) < 4.78 is 0. The molecular formula is C23H32Cl2N4O2. The summed E-state index contributed by atoms with van der Waals surface area (Å²) in [4.78, 5) is 28.7. The van der Waals surface area contributed by atoms with E-state index in [4.69, 9.17) is 5.73 Å². The van der Waals surface area contributed by atoms with Crippen molar-refractivity contribution in [2.45, 2.75) is 25.3 Å². The lowest BCUT2D eigenvalue weighted by Crippen LogP contribution is -2.48. The third-order valence-corrected chi connectivity index (χ3v) is 5.28. The number of hydrogen-bond acceptors (Lipinski definition) is 4. The van der Waals surface area contributed by atoms with E-state index in [1.807, 2.05) is 53.4 Å². The topological polar surface area (TPSA) is 78.7 Å². The molecule has 2 amide bonds. The van der Waals surface area contributed by atoms with Crippen LogP contribution >= 0.6 is 24.8 Å². The van der Waals surface area contributed by atoms with Crippen LogP contribution in [0.1, 0.15) is 30.9 Å². The van der Waals surface area contributed by atoms with E-state index in [0.717, 1.165) is 31.7 Å². The first kappa shape index (κ1) is 26.8. The van der Waals surface area contributed by atoms with Crippen LogP contribution in [0.4, 0.5) is 5.69 Å². The molecule has 6 nitrogen and oxygen atoms in total. The van der Waals surface area contributed by atoms with E-state index in [1.54, 1.807) is 0 Å². The van der Waals surface area contributed by atoms with Crippen molar-refractivity contribution in [2.75, 3.05) is 37.6 Å². The minimum Gasteiger partial charge on any atom is -0.368 e. The van der Waals surface area contributed by atoms with Gasteiger partial charge >= 0.3 is 0 Å². The van der Waals surface area contributed by atoms with Gasteiger partial charge in [-0.15, -0.1) is 24.8 Å². The number of nitrogens with zero attached hydrogens (tertiary/aromatic N) is 2. The molecule has 31 heavy (non-hydrogen) atoms. The molecule has 0 aromatic heterocycles. The van der Waals surface area contributed by atoms with Crippen LogP contribution in [-0.2, 0) is 9.59 Å². The number of carbonyl (C=O) groups is 2. The summed E-state index contributed by atoms with van der Waals surface area (Å²) in [5.74, 6) is 0.0817. The summed E-state index contributed by atoms with van der Waals surface area (Å²) in [5, 5.41) is 2.87. The standard InChI is InChI=1S/C23H30N4O2.2ClH/c24-21(19-8-3-1-4-9-19)18-22(28)25-13-7-12-23(29)27-16-14-26(15-17-27)20-10-5-2-6-11-20;;/h1-6,8-11,21H,7,12-18,24H2,(H,25,28);2*1H. The maximum Gasteiger partial charge on any atom is 0.222 e. The molecule has 2 aromatic carbocycles. The first-order valence-electron chi connectivity index (χ1n) is 10.3. The number of anilines is 1. The number of para-hydroxylation sites is 1. The van der Waals surface area contributed by atoms with E-state index in [-0.39, 0.29) is 49.1 Å². The fourth-order valence-electron chi connectivity index (χ4n) is 3.57. The van der Waals surface area contributed by atoms with E-state index in [1.165, 1.54) is 5.69 Å². The number of benzene rings is 2. The van der Waals surface area contributed by atoms with Crippen molar-refractivity contribution in [1.82, 2.24) is 10.2 Å². The summed E-state index contributed by atoms with van der Waals surface area (Å²) in [7, 11) is 0. The SMILES string of the molecule is Cl.Cl.NC(CC(=O)NCCCC(=O)N1CCN(c2ccccc2)CC1)c1ccccc1. The van der Waals surface area contributed by atoms with Gasteiger partial charge in [0, 0.05) is 57.3 Å². The van der Waals surface area contributed by atoms with Gasteiger partial charge in [0.05, 0.1) is 0 Å². The Balaban J connectivity index is 0.00000240. The monoisotopic (exact) mass is 466 g/mol. The highest BCUT2D eigenvalue weighted by Gasteiger charge is 2.20. The summed E-state index contributed by atoms with van der Waals surface area (Å²) in [6.07, 6.45) is 1.35. The first-order valence-corrected chi connectivity index (χ1v) is 10.3. The molecule has 3 rings (SSSR count). The van der Waals surface area contributed by atoms with Crippen molar-refractivity contribution in [3.63, 3.8) is 0 Å². The Labute approximate surface area is 197 Å². The summed E-state index contributed by atoms with van der Waals surface area (Å²) in [5.41, 5.74) is 8.23. The van der Waals surface area contributed by atoms with Gasteiger partial charge in [-0.25, -0.2) is 0 Å². The van der Waals surface area contributed by atoms with Crippen molar-refractivity contribution in [3.05, 3.63) is 66.2 Å². The van der Waals surface area contributed by atoms with Crippen molar-refractivity contribution >= 4 is 42.3 Å². The number of hydrogen-bond donors (Lipinski definition) is 2. The fraction of sp³-hybridized carbons (Fsp3) is 0.391. The molecule has 1 atom stereocenters. The Hall–Kier alpha value is -2.28. The van der Waals surface area contributed by atoms with Gasteiger partial charge < -0.3 is 20.9 Å². The van der Waals surface area contributed by atoms with Gasteiger partial charge in [-0.1, -0.05) is 48.5 Å².